The number of aromatic nitrogens is 1. The van der Waals surface area contributed by atoms with E-state index in [0.29, 0.717) is 5.56 Å². The average molecular weight is 399 g/mol. The molecule has 0 aliphatic rings. The highest BCUT2D eigenvalue weighted by molar-refractivity contribution is 6.18. The van der Waals surface area contributed by atoms with Crippen molar-refractivity contribution >= 4 is 27.7 Å². The third kappa shape index (κ3) is 3.49. The first-order valence-corrected chi connectivity index (χ1v) is 10.8. The monoisotopic (exact) mass is 398 g/mol. The first-order valence-electron chi connectivity index (χ1n) is 10.8. The summed E-state index contributed by atoms with van der Waals surface area (Å²) in [7, 11) is 0. The number of primary amides is 1. The summed E-state index contributed by atoms with van der Waals surface area (Å²) in [4.78, 5) is 12.2. The maximum absolute atomic E-state index is 12.2. The summed E-state index contributed by atoms with van der Waals surface area (Å²) < 4.78 is 2.36. The minimum atomic E-state index is -0.377. The van der Waals surface area contributed by atoms with E-state index in [0.717, 1.165) is 29.3 Å². The van der Waals surface area contributed by atoms with Crippen LogP contribution in [0.3, 0.4) is 0 Å². The predicted molar refractivity (Wildman–Crippen MR) is 126 cm³/mol. The molecule has 4 aromatic rings. The molecular formula is C27H30N2O. The summed E-state index contributed by atoms with van der Waals surface area (Å²) in [5.41, 5.74) is 15.1. The van der Waals surface area contributed by atoms with Gasteiger partial charge >= 0.3 is 0 Å². The Morgan fingerprint density at radius 3 is 2.37 bits per heavy atom. The van der Waals surface area contributed by atoms with Gasteiger partial charge in [0.25, 0.3) is 0 Å². The Hall–Kier alpha value is -3.07. The molecule has 0 aliphatic carbocycles. The van der Waals surface area contributed by atoms with Crippen LogP contribution in [-0.4, -0.2) is 10.5 Å². The van der Waals surface area contributed by atoms with Crippen molar-refractivity contribution in [2.75, 3.05) is 0 Å². The minimum Gasteiger partial charge on any atom is -0.366 e. The predicted octanol–water partition coefficient (Wildman–Crippen LogP) is 6.21. The van der Waals surface area contributed by atoms with E-state index in [2.05, 4.69) is 68.7 Å². The Balaban J connectivity index is 2.00. The Bertz CT molecular complexity index is 1240. The fraction of sp³-hybridized carbons (Fsp3) is 0.296. The number of fused-ring (bicyclic) bond motifs is 3. The van der Waals surface area contributed by atoms with Gasteiger partial charge in [0.2, 0.25) is 5.91 Å². The first-order chi connectivity index (χ1) is 14.4. The topological polar surface area (TPSA) is 48.0 Å². The fourth-order valence-corrected chi connectivity index (χ4v) is 4.72. The molecule has 0 aliphatic heterocycles. The number of unbranched alkanes of at least 4 members (excludes halogenated alkanes) is 1. The van der Waals surface area contributed by atoms with E-state index in [-0.39, 0.29) is 5.91 Å². The third-order valence-electron chi connectivity index (χ3n) is 6.20. The Labute approximate surface area is 178 Å². The molecule has 0 unspecified atom stereocenters. The number of carbonyl (C=O) groups is 1. The molecule has 0 saturated heterocycles. The molecule has 0 fully saturated rings. The van der Waals surface area contributed by atoms with Gasteiger partial charge < -0.3 is 10.3 Å². The summed E-state index contributed by atoms with van der Waals surface area (Å²) >= 11 is 0. The zero-order chi connectivity index (χ0) is 21.4. The molecule has 3 aromatic carbocycles. The Morgan fingerprint density at radius 2 is 1.70 bits per heavy atom. The van der Waals surface area contributed by atoms with Gasteiger partial charge in [0, 0.05) is 28.4 Å². The first kappa shape index (κ1) is 20.2. The number of hydrogen-bond donors (Lipinski definition) is 1. The van der Waals surface area contributed by atoms with Crippen molar-refractivity contribution < 1.29 is 4.79 Å². The SMILES string of the molecule is CCCCc1ccc2c3c(C(N)=O)cccc3n(Cc3c(C)cc(C)cc3C)c2c1. The molecule has 0 saturated carbocycles. The van der Waals surface area contributed by atoms with Crippen LogP contribution < -0.4 is 5.73 Å². The van der Waals surface area contributed by atoms with E-state index in [1.807, 2.05) is 12.1 Å². The lowest BCUT2D eigenvalue weighted by atomic mass is 9.99. The van der Waals surface area contributed by atoms with Crippen LogP contribution in [-0.2, 0) is 13.0 Å². The van der Waals surface area contributed by atoms with Crippen LogP contribution in [0.2, 0.25) is 0 Å². The zero-order valence-corrected chi connectivity index (χ0v) is 18.4. The molecule has 1 heterocycles. The number of amides is 1. The van der Waals surface area contributed by atoms with Crippen molar-refractivity contribution in [3.05, 3.63) is 81.9 Å². The largest absolute Gasteiger partial charge is 0.366 e. The zero-order valence-electron chi connectivity index (χ0n) is 18.4. The quantitative estimate of drug-likeness (QED) is 0.412. The number of aryl methyl sites for hydroxylation is 4. The van der Waals surface area contributed by atoms with Gasteiger partial charge in [-0.05, 0) is 74.1 Å². The molecule has 30 heavy (non-hydrogen) atoms. The van der Waals surface area contributed by atoms with Crippen molar-refractivity contribution in [2.24, 2.45) is 5.73 Å². The number of nitrogens with two attached hydrogens (primary N) is 1. The minimum absolute atomic E-state index is 0.377. The van der Waals surface area contributed by atoms with Gasteiger partial charge in [0.1, 0.15) is 0 Å². The fourth-order valence-electron chi connectivity index (χ4n) is 4.72. The maximum Gasteiger partial charge on any atom is 0.249 e. The van der Waals surface area contributed by atoms with Crippen LogP contribution in [0.4, 0.5) is 0 Å². The third-order valence-corrected chi connectivity index (χ3v) is 6.20. The Morgan fingerprint density at radius 1 is 0.967 bits per heavy atom. The molecule has 1 aromatic heterocycles. The number of nitrogens with zero attached hydrogens (tertiary/aromatic N) is 1. The van der Waals surface area contributed by atoms with Gasteiger partial charge in [0.15, 0.2) is 0 Å². The van der Waals surface area contributed by atoms with Gasteiger partial charge in [0.05, 0.1) is 5.52 Å². The number of rotatable bonds is 6. The van der Waals surface area contributed by atoms with Gasteiger partial charge in [-0.3, -0.25) is 4.79 Å². The standard InChI is InChI=1S/C27H30N2O/c1-5-6-8-20-11-12-21-25(15-20)29(16-23-18(3)13-17(2)14-19(23)4)24-10-7-9-22(26(21)24)27(28)30/h7,9-15H,5-6,8,16H2,1-4H3,(H2,28,30). The number of carbonyl (C=O) groups excluding carboxylic acids is 1. The van der Waals surface area contributed by atoms with Gasteiger partial charge in [-0.2, -0.15) is 0 Å². The van der Waals surface area contributed by atoms with Crippen molar-refractivity contribution in [3.63, 3.8) is 0 Å². The van der Waals surface area contributed by atoms with Crippen LogP contribution in [0.25, 0.3) is 21.8 Å². The molecule has 4 rings (SSSR count). The van der Waals surface area contributed by atoms with Crippen molar-refractivity contribution in [1.82, 2.24) is 4.57 Å². The van der Waals surface area contributed by atoms with Gasteiger partial charge in [-0.1, -0.05) is 49.2 Å². The van der Waals surface area contributed by atoms with Crippen LogP contribution in [0.15, 0.2) is 48.5 Å². The van der Waals surface area contributed by atoms with E-state index >= 15 is 0 Å². The molecular weight excluding hydrogens is 368 g/mol. The van der Waals surface area contributed by atoms with Crippen LogP contribution in [0, 0.1) is 20.8 Å². The van der Waals surface area contributed by atoms with Crippen molar-refractivity contribution in [3.8, 4) is 0 Å². The second-order valence-corrected chi connectivity index (χ2v) is 8.48. The highest BCUT2D eigenvalue weighted by Crippen LogP contribution is 2.34. The van der Waals surface area contributed by atoms with Crippen molar-refractivity contribution in [2.45, 2.75) is 53.5 Å². The normalized spacial score (nSPS) is 11.5. The summed E-state index contributed by atoms with van der Waals surface area (Å²) in [5, 5.41) is 2.06. The van der Waals surface area contributed by atoms with E-state index < -0.39 is 0 Å². The second kappa shape index (κ2) is 7.98. The smallest absolute Gasteiger partial charge is 0.249 e. The lowest BCUT2D eigenvalue weighted by Crippen LogP contribution is -2.11. The summed E-state index contributed by atoms with van der Waals surface area (Å²) in [6.45, 7) is 9.51. The van der Waals surface area contributed by atoms with Crippen molar-refractivity contribution in [1.29, 1.82) is 0 Å². The molecule has 0 atom stereocenters. The molecule has 154 valence electrons. The van der Waals surface area contributed by atoms with E-state index in [1.165, 1.54) is 46.2 Å². The molecule has 1 amide bonds. The number of benzene rings is 3. The summed E-state index contributed by atoms with van der Waals surface area (Å²) in [5.74, 6) is -0.377. The van der Waals surface area contributed by atoms with E-state index in [4.69, 9.17) is 5.73 Å². The molecule has 0 bridgehead atoms. The van der Waals surface area contributed by atoms with E-state index in [9.17, 15) is 4.79 Å². The average Bonchev–Trinajstić information content (AvgIpc) is 3.01. The van der Waals surface area contributed by atoms with Gasteiger partial charge in [-0.25, -0.2) is 0 Å². The van der Waals surface area contributed by atoms with E-state index in [1.54, 1.807) is 0 Å². The molecule has 2 N–H and O–H groups in total. The van der Waals surface area contributed by atoms with Crippen LogP contribution in [0.5, 0.6) is 0 Å². The Kier molecular flexibility index (Phi) is 5.38. The molecule has 0 radical (unpaired) electrons. The lowest BCUT2D eigenvalue weighted by Gasteiger charge is -2.15. The lowest BCUT2D eigenvalue weighted by molar-refractivity contribution is 0.100. The van der Waals surface area contributed by atoms with Gasteiger partial charge in [-0.15, -0.1) is 0 Å². The molecule has 0 spiro atoms. The highest BCUT2D eigenvalue weighted by Gasteiger charge is 2.18. The molecule has 3 nitrogen and oxygen atoms in total. The summed E-state index contributed by atoms with van der Waals surface area (Å²) in [6, 6.07) is 17.0. The molecule has 3 heteroatoms. The second-order valence-electron chi connectivity index (χ2n) is 8.48. The maximum atomic E-state index is 12.2. The summed E-state index contributed by atoms with van der Waals surface area (Å²) in [6.07, 6.45) is 3.42. The van der Waals surface area contributed by atoms with Crippen LogP contribution >= 0.6 is 0 Å². The number of hydrogen-bond acceptors (Lipinski definition) is 1. The van der Waals surface area contributed by atoms with Crippen LogP contribution in [0.1, 0.15) is 57.9 Å². The highest BCUT2D eigenvalue weighted by atomic mass is 16.1.